The maximum Gasteiger partial charge on any atom is 0.227 e. The average Bonchev–Trinajstić information content (AvgIpc) is 2.97. The summed E-state index contributed by atoms with van der Waals surface area (Å²) >= 11 is 0. The molecule has 0 aliphatic carbocycles. The number of rotatable bonds is 18. The third-order valence-corrected chi connectivity index (χ3v) is 10.4. The fourth-order valence-electron chi connectivity index (χ4n) is 4.62. The topological polar surface area (TPSA) is 128 Å². The number of fused-ring (bicyclic) bond motifs is 2. The zero-order chi connectivity index (χ0) is 31.8. The van der Waals surface area contributed by atoms with Crippen LogP contribution in [0.3, 0.4) is 0 Å². The standard InChI is InChI=1S/C32H44N3O6PS2/c1-25(23-31(37)33-19-9-3-4-10-21-41-42(2,39)40)44-43-22-20-34-30(36)17-18-32(38)35-24-28-13-6-5-11-26(28)15-16-27-12-7-8-14-29(27)35/h5-8,11-16,25H,3-4,9-10,17-24H2,1-2H3,(H,33,37)(H,34,36)(H,39,40)/p-1/b16-15-. The van der Waals surface area contributed by atoms with Crippen molar-refractivity contribution in [2.75, 3.05) is 37.0 Å². The van der Waals surface area contributed by atoms with Crippen molar-refractivity contribution in [3.8, 4) is 0 Å². The first-order valence-corrected chi connectivity index (χ1v) is 19.4. The van der Waals surface area contributed by atoms with Crippen LogP contribution in [0.15, 0.2) is 48.5 Å². The minimum atomic E-state index is -3.64. The maximum atomic E-state index is 13.3. The molecule has 0 bridgehead atoms. The van der Waals surface area contributed by atoms with E-state index in [0.717, 1.165) is 48.3 Å². The van der Waals surface area contributed by atoms with Gasteiger partial charge in [0.1, 0.15) is 7.60 Å². The first-order chi connectivity index (χ1) is 21.1. The zero-order valence-electron chi connectivity index (χ0n) is 25.5. The quantitative estimate of drug-likeness (QED) is 0.120. The number of unbranched alkanes of at least 4 members (excludes halogenated alkanes) is 3. The van der Waals surface area contributed by atoms with Crippen LogP contribution in [0.5, 0.6) is 0 Å². The second kappa shape index (κ2) is 19.1. The first-order valence-electron chi connectivity index (χ1n) is 15.0. The Kier molecular flexibility index (Phi) is 15.6. The number of para-hydroxylation sites is 1. The molecule has 3 rings (SSSR count). The van der Waals surface area contributed by atoms with Crippen molar-refractivity contribution in [3.05, 3.63) is 65.2 Å². The van der Waals surface area contributed by atoms with Crippen molar-refractivity contribution in [1.29, 1.82) is 0 Å². The van der Waals surface area contributed by atoms with E-state index in [1.54, 1.807) is 26.5 Å². The normalized spacial score (nSPS) is 15.1. The van der Waals surface area contributed by atoms with E-state index >= 15 is 0 Å². The van der Waals surface area contributed by atoms with Gasteiger partial charge in [-0.25, -0.2) is 0 Å². The molecule has 2 unspecified atom stereocenters. The van der Waals surface area contributed by atoms with Gasteiger partial charge in [0.25, 0.3) is 0 Å². The Morgan fingerprint density at radius 3 is 2.41 bits per heavy atom. The molecule has 240 valence electrons. The van der Waals surface area contributed by atoms with Gasteiger partial charge in [-0.1, -0.05) is 96.0 Å². The highest BCUT2D eigenvalue weighted by atomic mass is 33.1. The van der Waals surface area contributed by atoms with E-state index in [9.17, 15) is 23.8 Å². The van der Waals surface area contributed by atoms with E-state index in [2.05, 4.69) is 16.7 Å². The molecule has 2 atom stereocenters. The second-order valence-electron chi connectivity index (χ2n) is 10.7. The SMILES string of the molecule is CC(CC(=O)NCCCCCCOP(C)(=O)[O-])SSCCNC(=O)CCC(=O)N1Cc2ccccc2/C=C\c2ccccc21. The molecular formula is C32H43N3O6PS2-. The Bertz CT molecular complexity index is 1320. The molecule has 3 amide bonds. The Labute approximate surface area is 268 Å². The van der Waals surface area contributed by atoms with Crippen molar-refractivity contribution in [1.82, 2.24) is 10.6 Å². The van der Waals surface area contributed by atoms with Crippen LogP contribution in [0.25, 0.3) is 12.2 Å². The van der Waals surface area contributed by atoms with Crippen molar-refractivity contribution in [2.45, 2.75) is 63.7 Å². The van der Waals surface area contributed by atoms with Crippen LogP contribution in [0.1, 0.15) is 68.6 Å². The first kappa shape index (κ1) is 35.9. The number of benzene rings is 2. The Balaban J connectivity index is 1.27. The molecule has 12 heteroatoms. The van der Waals surface area contributed by atoms with E-state index in [0.29, 0.717) is 38.2 Å². The molecule has 2 aromatic carbocycles. The average molecular weight is 661 g/mol. The van der Waals surface area contributed by atoms with Crippen LogP contribution < -0.4 is 20.4 Å². The van der Waals surface area contributed by atoms with E-state index < -0.39 is 7.60 Å². The third kappa shape index (κ3) is 13.6. The Morgan fingerprint density at radius 2 is 1.61 bits per heavy atom. The number of hydrogen-bond donors (Lipinski definition) is 2. The largest absolute Gasteiger partial charge is 0.779 e. The number of nitrogens with one attached hydrogen (secondary N) is 2. The summed E-state index contributed by atoms with van der Waals surface area (Å²) in [4.78, 5) is 50.7. The molecule has 1 heterocycles. The van der Waals surface area contributed by atoms with Crippen LogP contribution in [-0.2, 0) is 30.0 Å². The van der Waals surface area contributed by atoms with Gasteiger partial charge in [-0.05, 0) is 35.6 Å². The zero-order valence-corrected chi connectivity index (χ0v) is 28.0. The van der Waals surface area contributed by atoms with E-state index in [1.807, 2.05) is 61.5 Å². The fourth-order valence-corrected chi connectivity index (χ4v) is 7.25. The Morgan fingerprint density at radius 1 is 0.932 bits per heavy atom. The minimum absolute atomic E-state index is 0.00680. The summed E-state index contributed by atoms with van der Waals surface area (Å²) in [5, 5.41) is 5.96. The van der Waals surface area contributed by atoms with Gasteiger partial charge in [0, 0.05) is 50.0 Å². The number of carbonyl (C=O) groups excluding carboxylic acids is 3. The highest BCUT2D eigenvalue weighted by molar-refractivity contribution is 8.76. The summed E-state index contributed by atoms with van der Waals surface area (Å²) in [7, 11) is -0.418. The van der Waals surface area contributed by atoms with Crippen LogP contribution in [0.2, 0.25) is 0 Å². The summed E-state index contributed by atoms with van der Waals surface area (Å²) in [6.45, 7) is 4.82. The summed E-state index contributed by atoms with van der Waals surface area (Å²) in [6.07, 6.45) is 8.03. The summed E-state index contributed by atoms with van der Waals surface area (Å²) in [5.74, 6) is 0.462. The lowest BCUT2D eigenvalue weighted by Gasteiger charge is -2.27. The van der Waals surface area contributed by atoms with Gasteiger partial charge in [-0.3, -0.25) is 14.4 Å². The number of anilines is 1. The monoisotopic (exact) mass is 660 g/mol. The molecule has 1 aliphatic heterocycles. The van der Waals surface area contributed by atoms with Gasteiger partial charge in [-0.15, -0.1) is 0 Å². The van der Waals surface area contributed by atoms with Crippen molar-refractivity contribution >= 4 is 64.7 Å². The molecule has 2 aromatic rings. The van der Waals surface area contributed by atoms with E-state index in [-0.39, 0.29) is 42.4 Å². The summed E-state index contributed by atoms with van der Waals surface area (Å²) < 4.78 is 15.7. The highest BCUT2D eigenvalue weighted by Gasteiger charge is 2.21. The van der Waals surface area contributed by atoms with Crippen molar-refractivity contribution in [3.63, 3.8) is 0 Å². The van der Waals surface area contributed by atoms with Gasteiger partial charge in [-0.2, -0.15) is 0 Å². The molecule has 0 aromatic heterocycles. The van der Waals surface area contributed by atoms with Crippen LogP contribution in [0.4, 0.5) is 5.69 Å². The van der Waals surface area contributed by atoms with Gasteiger partial charge in [0.05, 0.1) is 18.8 Å². The third-order valence-electron chi connectivity index (χ3n) is 6.85. The number of nitrogens with zero attached hydrogens (tertiary/aromatic N) is 1. The summed E-state index contributed by atoms with van der Waals surface area (Å²) in [5.41, 5.74) is 3.94. The predicted molar refractivity (Wildman–Crippen MR) is 180 cm³/mol. The predicted octanol–water partition coefficient (Wildman–Crippen LogP) is 5.64. The van der Waals surface area contributed by atoms with Crippen LogP contribution in [-0.4, -0.2) is 55.1 Å². The molecule has 9 nitrogen and oxygen atoms in total. The Hall–Kier alpha value is -2.56. The van der Waals surface area contributed by atoms with Crippen LogP contribution >= 0.6 is 29.2 Å². The lowest BCUT2D eigenvalue weighted by atomic mass is 10.0. The molecule has 2 N–H and O–H groups in total. The number of amides is 3. The van der Waals surface area contributed by atoms with Gasteiger partial charge >= 0.3 is 0 Å². The maximum absolute atomic E-state index is 13.3. The van der Waals surface area contributed by atoms with E-state index in [1.165, 1.54) is 0 Å². The van der Waals surface area contributed by atoms with Crippen LogP contribution in [0, 0.1) is 0 Å². The lowest BCUT2D eigenvalue weighted by Crippen LogP contribution is -2.33. The molecule has 0 spiro atoms. The molecule has 1 aliphatic rings. The molecule has 0 saturated heterocycles. The summed E-state index contributed by atoms with van der Waals surface area (Å²) in [6, 6.07) is 15.8. The van der Waals surface area contributed by atoms with Gasteiger partial charge in [0.2, 0.25) is 17.7 Å². The highest BCUT2D eigenvalue weighted by Crippen LogP contribution is 2.31. The van der Waals surface area contributed by atoms with Gasteiger partial charge < -0.3 is 29.5 Å². The molecule has 44 heavy (non-hydrogen) atoms. The second-order valence-corrected chi connectivity index (χ2v) is 15.4. The van der Waals surface area contributed by atoms with Crippen molar-refractivity contribution < 1.29 is 28.4 Å². The molecule has 0 fully saturated rings. The van der Waals surface area contributed by atoms with Gasteiger partial charge in [0.15, 0.2) is 0 Å². The van der Waals surface area contributed by atoms with Crippen molar-refractivity contribution in [2.24, 2.45) is 0 Å². The molecule has 0 saturated carbocycles. The lowest BCUT2D eigenvalue weighted by molar-refractivity contribution is -0.196. The number of carbonyl (C=O) groups is 3. The smallest absolute Gasteiger partial charge is 0.227 e. The molecular weight excluding hydrogens is 617 g/mol. The minimum Gasteiger partial charge on any atom is -0.779 e. The number of hydrogen-bond acceptors (Lipinski definition) is 8. The molecule has 0 radical (unpaired) electrons. The fraction of sp³-hybridized carbons (Fsp3) is 0.469. The van der Waals surface area contributed by atoms with E-state index in [4.69, 9.17) is 4.52 Å².